The second-order valence-corrected chi connectivity index (χ2v) is 5.18. The van der Waals surface area contributed by atoms with Crippen molar-refractivity contribution in [2.45, 2.75) is 41.0 Å². The van der Waals surface area contributed by atoms with E-state index >= 15 is 0 Å². The van der Waals surface area contributed by atoms with Crippen LogP contribution >= 0.6 is 0 Å². The van der Waals surface area contributed by atoms with Gasteiger partial charge in [0.25, 0.3) is 0 Å². The quantitative estimate of drug-likeness (QED) is 0.718. The summed E-state index contributed by atoms with van der Waals surface area (Å²) in [5, 5.41) is 3.20. The maximum absolute atomic E-state index is 4.62. The molecule has 0 amide bonds. The number of rotatable bonds is 10. The van der Waals surface area contributed by atoms with Crippen LogP contribution in [0.5, 0.6) is 0 Å². The molecule has 0 radical (unpaired) electrons. The lowest BCUT2D eigenvalue weighted by Gasteiger charge is -2.25. The van der Waals surface area contributed by atoms with E-state index in [-0.39, 0.29) is 0 Å². The predicted molar refractivity (Wildman–Crippen MR) is 91.2 cm³/mol. The summed E-state index contributed by atoms with van der Waals surface area (Å²) < 4.78 is 0. The van der Waals surface area contributed by atoms with Gasteiger partial charge < -0.3 is 15.1 Å². The summed E-state index contributed by atoms with van der Waals surface area (Å²) in [4.78, 5) is 13.8. The number of anilines is 2. The highest BCUT2D eigenvalue weighted by Crippen LogP contribution is 2.15. The highest BCUT2D eigenvalue weighted by atomic mass is 15.2. The first-order valence-electron chi connectivity index (χ1n) is 8.21. The number of hydrogen-bond donors (Lipinski definition) is 1. The van der Waals surface area contributed by atoms with Crippen molar-refractivity contribution < 1.29 is 0 Å². The van der Waals surface area contributed by atoms with Gasteiger partial charge in [-0.05, 0) is 46.8 Å². The van der Waals surface area contributed by atoms with Gasteiger partial charge in [-0.25, -0.2) is 4.98 Å². The van der Waals surface area contributed by atoms with Crippen molar-refractivity contribution in [3.8, 4) is 0 Å². The summed E-state index contributed by atoms with van der Waals surface area (Å²) in [6, 6.07) is 2.07. The molecular weight excluding hydrogens is 262 g/mol. The molecule has 0 unspecified atom stereocenters. The molecule has 5 nitrogen and oxygen atoms in total. The largest absolute Gasteiger partial charge is 0.357 e. The van der Waals surface area contributed by atoms with E-state index in [1.165, 1.54) is 0 Å². The Morgan fingerprint density at radius 3 is 2.29 bits per heavy atom. The maximum Gasteiger partial charge on any atom is 0.224 e. The number of aryl methyl sites for hydroxylation is 1. The number of aromatic nitrogens is 2. The lowest BCUT2D eigenvalue weighted by atomic mass is 10.3. The Bertz CT molecular complexity index is 404. The van der Waals surface area contributed by atoms with Crippen molar-refractivity contribution in [2.75, 3.05) is 49.5 Å². The average molecular weight is 293 g/mol. The molecule has 120 valence electrons. The molecule has 0 saturated heterocycles. The van der Waals surface area contributed by atoms with Crippen LogP contribution in [0.1, 0.15) is 39.8 Å². The Morgan fingerprint density at radius 1 is 1.00 bits per heavy atom. The minimum absolute atomic E-state index is 0.731. The van der Waals surface area contributed by atoms with Crippen LogP contribution in [0.15, 0.2) is 6.07 Å². The third-order valence-electron chi connectivity index (χ3n) is 3.68. The van der Waals surface area contributed by atoms with Gasteiger partial charge in [0.2, 0.25) is 5.95 Å². The fourth-order valence-electron chi connectivity index (χ4n) is 2.41. The standard InChI is InChI=1S/C16H31N5/c1-6-17-16-18-14(5)13-15(19-16)21(9-4)12-10-11-20(7-2)8-3/h13H,6-12H2,1-5H3,(H,17,18,19). The van der Waals surface area contributed by atoms with E-state index in [1.807, 2.05) is 6.92 Å². The Kier molecular flexibility index (Phi) is 8.05. The first kappa shape index (κ1) is 17.7. The first-order chi connectivity index (χ1) is 10.1. The van der Waals surface area contributed by atoms with Gasteiger partial charge in [0.05, 0.1) is 0 Å². The zero-order valence-corrected chi connectivity index (χ0v) is 14.3. The van der Waals surface area contributed by atoms with Gasteiger partial charge in [-0.15, -0.1) is 0 Å². The van der Waals surface area contributed by atoms with E-state index < -0.39 is 0 Å². The molecule has 0 aliphatic heterocycles. The molecule has 0 aliphatic carbocycles. The second kappa shape index (κ2) is 9.55. The molecule has 0 aromatic carbocycles. The number of nitrogens with one attached hydrogen (secondary N) is 1. The van der Waals surface area contributed by atoms with Crippen molar-refractivity contribution in [1.29, 1.82) is 0 Å². The molecule has 1 heterocycles. The summed E-state index contributed by atoms with van der Waals surface area (Å²) in [5.41, 5.74) is 1.01. The zero-order valence-electron chi connectivity index (χ0n) is 14.3. The smallest absolute Gasteiger partial charge is 0.224 e. The van der Waals surface area contributed by atoms with Gasteiger partial charge in [0.1, 0.15) is 5.82 Å². The zero-order chi connectivity index (χ0) is 15.7. The fraction of sp³-hybridized carbons (Fsp3) is 0.750. The highest BCUT2D eigenvalue weighted by Gasteiger charge is 2.09. The predicted octanol–water partition coefficient (Wildman–Crippen LogP) is 2.78. The average Bonchev–Trinajstić information content (AvgIpc) is 2.47. The van der Waals surface area contributed by atoms with Crippen LogP contribution < -0.4 is 10.2 Å². The Hall–Kier alpha value is -1.36. The third-order valence-corrected chi connectivity index (χ3v) is 3.68. The molecule has 0 aliphatic rings. The molecule has 0 saturated carbocycles. The lowest BCUT2D eigenvalue weighted by molar-refractivity contribution is 0.300. The summed E-state index contributed by atoms with van der Waals surface area (Å²) in [6.45, 7) is 17.0. The topological polar surface area (TPSA) is 44.3 Å². The molecule has 0 fully saturated rings. The van der Waals surface area contributed by atoms with E-state index in [1.54, 1.807) is 0 Å². The van der Waals surface area contributed by atoms with Crippen LogP contribution in [-0.2, 0) is 0 Å². The van der Waals surface area contributed by atoms with Crippen LogP contribution in [-0.4, -0.2) is 54.1 Å². The van der Waals surface area contributed by atoms with Crippen molar-refractivity contribution >= 4 is 11.8 Å². The second-order valence-electron chi connectivity index (χ2n) is 5.18. The Labute approximate surface area is 129 Å². The molecule has 0 bridgehead atoms. The molecule has 1 N–H and O–H groups in total. The molecule has 1 rings (SSSR count). The molecule has 0 atom stereocenters. The number of hydrogen-bond acceptors (Lipinski definition) is 5. The van der Waals surface area contributed by atoms with Crippen LogP contribution in [0.4, 0.5) is 11.8 Å². The summed E-state index contributed by atoms with van der Waals surface area (Å²) in [7, 11) is 0. The van der Waals surface area contributed by atoms with Crippen LogP contribution in [0.3, 0.4) is 0 Å². The van der Waals surface area contributed by atoms with Gasteiger partial charge in [-0.3, -0.25) is 0 Å². The van der Waals surface area contributed by atoms with Crippen molar-refractivity contribution in [3.63, 3.8) is 0 Å². The van der Waals surface area contributed by atoms with E-state index in [2.05, 4.69) is 58.8 Å². The Morgan fingerprint density at radius 2 is 1.71 bits per heavy atom. The van der Waals surface area contributed by atoms with Crippen molar-refractivity contribution in [2.24, 2.45) is 0 Å². The summed E-state index contributed by atoms with van der Waals surface area (Å²) in [6.07, 6.45) is 1.16. The number of nitrogens with zero attached hydrogens (tertiary/aromatic N) is 4. The van der Waals surface area contributed by atoms with Crippen LogP contribution in [0, 0.1) is 6.92 Å². The molecule has 1 aromatic rings. The van der Waals surface area contributed by atoms with E-state index in [0.29, 0.717) is 0 Å². The van der Waals surface area contributed by atoms with Gasteiger partial charge in [0.15, 0.2) is 0 Å². The van der Waals surface area contributed by atoms with Crippen molar-refractivity contribution in [1.82, 2.24) is 14.9 Å². The third kappa shape index (κ3) is 5.87. The molecular formula is C16H31N5. The van der Waals surface area contributed by atoms with Gasteiger partial charge in [0, 0.05) is 31.4 Å². The van der Waals surface area contributed by atoms with Crippen LogP contribution in [0.25, 0.3) is 0 Å². The monoisotopic (exact) mass is 293 g/mol. The Balaban J connectivity index is 2.66. The highest BCUT2D eigenvalue weighted by molar-refractivity contribution is 5.44. The van der Waals surface area contributed by atoms with Gasteiger partial charge >= 0.3 is 0 Å². The summed E-state index contributed by atoms with van der Waals surface area (Å²) in [5.74, 6) is 1.76. The van der Waals surface area contributed by atoms with Gasteiger partial charge in [-0.1, -0.05) is 13.8 Å². The fourth-order valence-corrected chi connectivity index (χ4v) is 2.41. The molecule has 1 aromatic heterocycles. The van der Waals surface area contributed by atoms with Crippen LogP contribution in [0.2, 0.25) is 0 Å². The lowest BCUT2D eigenvalue weighted by Crippen LogP contribution is -2.30. The molecule has 5 heteroatoms. The minimum Gasteiger partial charge on any atom is -0.357 e. The first-order valence-corrected chi connectivity index (χ1v) is 8.21. The SMILES string of the molecule is CCNc1nc(C)cc(N(CC)CCCN(CC)CC)n1. The van der Waals surface area contributed by atoms with E-state index in [4.69, 9.17) is 0 Å². The maximum atomic E-state index is 4.62. The summed E-state index contributed by atoms with van der Waals surface area (Å²) >= 11 is 0. The molecule has 21 heavy (non-hydrogen) atoms. The normalized spacial score (nSPS) is 11.0. The van der Waals surface area contributed by atoms with E-state index in [9.17, 15) is 0 Å². The molecule has 0 spiro atoms. The van der Waals surface area contributed by atoms with Gasteiger partial charge in [-0.2, -0.15) is 4.98 Å². The van der Waals surface area contributed by atoms with Crippen molar-refractivity contribution in [3.05, 3.63) is 11.8 Å². The minimum atomic E-state index is 0.731. The van der Waals surface area contributed by atoms with E-state index in [0.717, 1.165) is 63.1 Å².